The van der Waals surface area contributed by atoms with Crippen molar-refractivity contribution in [2.75, 3.05) is 25.6 Å². The van der Waals surface area contributed by atoms with Crippen molar-refractivity contribution in [3.05, 3.63) is 29.8 Å². The molecule has 1 unspecified atom stereocenters. The molecule has 0 spiro atoms. The molecule has 1 N–H and O–H groups in total. The Kier molecular flexibility index (Phi) is 3.76. The lowest BCUT2D eigenvalue weighted by Gasteiger charge is -2.20. The highest BCUT2D eigenvalue weighted by atomic mass is 16.5. The summed E-state index contributed by atoms with van der Waals surface area (Å²) < 4.78 is 5.16. The van der Waals surface area contributed by atoms with E-state index in [9.17, 15) is 4.79 Å². The quantitative estimate of drug-likeness (QED) is 0.850. The fraction of sp³-hybridized carbons (Fsp3) is 0.462. The van der Waals surface area contributed by atoms with Crippen LogP contribution in [0.4, 0.5) is 5.69 Å². The number of nitrogens with one attached hydrogen (secondary N) is 1. The predicted octanol–water partition coefficient (Wildman–Crippen LogP) is 1.16. The smallest absolute Gasteiger partial charge is 0.244 e. The number of carbonyl (C=O) groups excluding carboxylic acids is 1. The van der Waals surface area contributed by atoms with Crippen LogP contribution >= 0.6 is 0 Å². The van der Waals surface area contributed by atoms with Crippen LogP contribution in [0.2, 0.25) is 0 Å². The minimum absolute atomic E-state index is 0.0504. The molecule has 1 aromatic carbocycles. The third-order valence-electron chi connectivity index (χ3n) is 3.14. The zero-order valence-corrected chi connectivity index (χ0v) is 10.3. The maximum atomic E-state index is 12.1. The van der Waals surface area contributed by atoms with E-state index in [4.69, 9.17) is 4.74 Å². The van der Waals surface area contributed by atoms with E-state index in [-0.39, 0.29) is 11.9 Å². The Balaban J connectivity index is 2.25. The van der Waals surface area contributed by atoms with Gasteiger partial charge in [-0.25, -0.2) is 0 Å². The number of carbonyl (C=O) groups is 1. The number of rotatable bonds is 4. The van der Waals surface area contributed by atoms with Gasteiger partial charge >= 0.3 is 0 Å². The normalized spacial score (nSPS) is 20.0. The minimum atomic E-state index is -0.0504. The zero-order chi connectivity index (χ0) is 12.3. The van der Waals surface area contributed by atoms with Crippen LogP contribution in [0.5, 0.6) is 0 Å². The summed E-state index contributed by atoms with van der Waals surface area (Å²) in [5, 5.41) is 3.04. The number of benzene rings is 1. The average Bonchev–Trinajstić information content (AvgIpc) is 2.72. The van der Waals surface area contributed by atoms with Gasteiger partial charge in [-0.15, -0.1) is 0 Å². The van der Waals surface area contributed by atoms with Crippen molar-refractivity contribution in [2.45, 2.75) is 19.1 Å². The molecule has 0 bridgehead atoms. The number of nitrogens with zero attached hydrogens (tertiary/aromatic N) is 1. The second kappa shape index (κ2) is 5.29. The largest absolute Gasteiger partial charge is 0.380 e. The van der Waals surface area contributed by atoms with Gasteiger partial charge in [0.2, 0.25) is 5.91 Å². The number of para-hydroxylation sites is 1. The predicted molar refractivity (Wildman–Crippen MR) is 67.0 cm³/mol. The van der Waals surface area contributed by atoms with Crippen LogP contribution < -0.4 is 10.2 Å². The van der Waals surface area contributed by atoms with Gasteiger partial charge in [-0.2, -0.15) is 0 Å². The lowest BCUT2D eigenvalue weighted by Crippen LogP contribution is -2.36. The molecule has 4 heteroatoms. The summed E-state index contributed by atoms with van der Waals surface area (Å²) in [5.41, 5.74) is 2.03. The van der Waals surface area contributed by atoms with Crippen molar-refractivity contribution >= 4 is 11.6 Å². The second-order valence-corrected chi connectivity index (χ2v) is 4.18. The number of ether oxygens (including phenoxy) is 1. The number of anilines is 1. The summed E-state index contributed by atoms with van der Waals surface area (Å²) >= 11 is 0. The summed E-state index contributed by atoms with van der Waals surface area (Å²) in [7, 11) is 3.49. The molecule has 1 aromatic rings. The van der Waals surface area contributed by atoms with E-state index in [0.717, 1.165) is 24.2 Å². The number of hydrogen-bond acceptors (Lipinski definition) is 3. The van der Waals surface area contributed by atoms with Crippen molar-refractivity contribution in [1.82, 2.24) is 5.32 Å². The topological polar surface area (TPSA) is 41.6 Å². The summed E-state index contributed by atoms with van der Waals surface area (Å²) in [4.78, 5) is 14.0. The van der Waals surface area contributed by atoms with Gasteiger partial charge in [-0.3, -0.25) is 4.79 Å². The first-order valence-corrected chi connectivity index (χ1v) is 5.83. The molecule has 1 aliphatic heterocycles. The van der Waals surface area contributed by atoms with Gasteiger partial charge in [-0.1, -0.05) is 18.2 Å². The van der Waals surface area contributed by atoms with Crippen molar-refractivity contribution in [3.8, 4) is 0 Å². The molecule has 1 heterocycles. The first-order chi connectivity index (χ1) is 8.27. The third-order valence-corrected chi connectivity index (χ3v) is 3.14. The molecule has 1 fully saturated rings. The Bertz CT molecular complexity index is 406. The first-order valence-electron chi connectivity index (χ1n) is 5.83. The van der Waals surface area contributed by atoms with Crippen LogP contribution in [0, 0.1) is 0 Å². The highest BCUT2D eigenvalue weighted by molar-refractivity contribution is 5.99. The SMILES string of the molecule is CNC1CCN(c2ccccc2COC)C1=O. The van der Waals surface area contributed by atoms with Gasteiger partial charge in [0.1, 0.15) is 0 Å². The van der Waals surface area contributed by atoms with Crippen LogP contribution in [0.25, 0.3) is 0 Å². The highest BCUT2D eigenvalue weighted by Gasteiger charge is 2.32. The van der Waals surface area contributed by atoms with E-state index >= 15 is 0 Å². The van der Waals surface area contributed by atoms with Crippen molar-refractivity contribution < 1.29 is 9.53 Å². The maximum Gasteiger partial charge on any atom is 0.244 e. The van der Waals surface area contributed by atoms with Crippen molar-refractivity contribution in [1.29, 1.82) is 0 Å². The maximum absolute atomic E-state index is 12.1. The number of likely N-dealkylation sites (N-methyl/N-ethyl adjacent to an activating group) is 1. The molecule has 0 aliphatic carbocycles. The molecule has 0 saturated carbocycles. The number of hydrogen-bond donors (Lipinski definition) is 1. The molecule has 4 nitrogen and oxygen atoms in total. The molecule has 1 aliphatic rings. The Morgan fingerprint density at radius 1 is 1.47 bits per heavy atom. The number of methoxy groups -OCH3 is 1. The minimum Gasteiger partial charge on any atom is -0.380 e. The van der Waals surface area contributed by atoms with Gasteiger partial charge in [0, 0.05) is 24.9 Å². The fourth-order valence-electron chi connectivity index (χ4n) is 2.24. The van der Waals surface area contributed by atoms with Gasteiger partial charge in [0.25, 0.3) is 0 Å². The van der Waals surface area contributed by atoms with Gasteiger partial charge in [0.15, 0.2) is 0 Å². The highest BCUT2D eigenvalue weighted by Crippen LogP contribution is 2.25. The summed E-state index contributed by atoms with van der Waals surface area (Å²) in [6, 6.07) is 7.84. The fourth-order valence-corrected chi connectivity index (χ4v) is 2.24. The molecule has 0 radical (unpaired) electrons. The van der Waals surface area contributed by atoms with Crippen LogP contribution in [0.3, 0.4) is 0 Å². The van der Waals surface area contributed by atoms with Crippen molar-refractivity contribution in [2.24, 2.45) is 0 Å². The first kappa shape index (κ1) is 12.1. The summed E-state index contributed by atoms with van der Waals surface area (Å²) in [6.45, 7) is 1.30. The molecule has 2 rings (SSSR count). The molecule has 1 amide bonds. The summed E-state index contributed by atoms with van der Waals surface area (Å²) in [6.07, 6.45) is 0.858. The summed E-state index contributed by atoms with van der Waals surface area (Å²) in [5.74, 6) is 0.149. The van der Waals surface area contributed by atoms with E-state index in [1.165, 1.54) is 0 Å². The molecule has 17 heavy (non-hydrogen) atoms. The molecule has 1 saturated heterocycles. The average molecular weight is 234 g/mol. The lowest BCUT2D eigenvalue weighted by molar-refractivity contribution is -0.118. The lowest BCUT2D eigenvalue weighted by atomic mass is 10.1. The molecule has 0 aromatic heterocycles. The van der Waals surface area contributed by atoms with E-state index in [2.05, 4.69) is 5.32 Å². The van der Waals surface area contributed by atoms with Crippen LogP contribution in [-0.2, 0) is 16.1 Å². The van der Waals surface area contributed by atoms with Gasteiger partial charge < -0.3 is 15.0 Å². The molecule has 1 atom stereocenters. The number of amides is 1. The Labute approximate surface area is 102 Å². The third kappa shape index (κ3) is 2.33. The van der Waals surface area contributed by atoms with Gasteiger partial charge in [-0.05, 0) is 19.5 Å². The second-order valence-electron chi connectivity index (χ2n) is 4.18. The van der Waals surface area contributed by atoms with E-state index < -0.39 is 0 Å². The van der Waals surface area contributed by atoms with E-state index in [1.807, 2.05) is 36.2 Å². The van der Waals surface area contributed by atoms with Crippen LogP contribution in [0.15, 0.2) is 24.3 Å². The Morgan fingerprint density at radius 3 is 2.88 bits per heavy atom. The molecular weight excluding hydrogens is 216 g/mol. The molecular formula is C13H18N2O2. The zero-order valence-electron chi connectivity index (χ0n) is 10.3. The van der Waals surface area contributed by atoms with E-state index in [0.29, 0.717) is 6.61 Å². The van der Waals surface area contributed by atoms with E-state index in [1.54, 1.807) is 7.11 Å². The van der Waals surface area contributed by atoms with Gasteiger partial charge in [0.05, 0.1) is 12.6 Å². The molecule has 92 valence electrons. The van der Waals surface area contributed by atoms with Crippen LogP contribution in [-0.4, -0.2) is 32.7 Å². The Hall–Kier alpha value is -1.39. The Morgan fingerprint density at radius 2 is 2.24 bits per heavy atom. The standard InChI is InChI=1S/C13H18N2O2/c1-14-11-7-8-15(13(11)16)12-6-4-3-5-10(12)9-17-2/h3-6,11,14H,7-9H2,1-2H3. The van der Waals surface area contributed by atoms with Crippen molar-refractivity contribution in [3.63, 3.8) is 0 Å². The van der Waals surface area contributed by atoms with Crippen LogP contribution in [0.1, 0.15) is 12.0 Å². The monoisotopic (exact) mass is 234 g/mol.